The van der Waals surface area contributed by atoms with Crippen molar-refractivity contribution >= 4 is 0 Å². The molecule has 0 spiro atoms. The topological polar surface area (TPSA) is 25.8 Å². The monoisotopic (exact) mass is 770 g/mol. The number of nitrogens with zero attached hydrogens (tertiary/aromatic N) is 2. The molecule has 0 N–H and O–H groups in total. The largest absolute Gasteiger partial charge is 0.305 e. The van der Waals surface area contributed by atoms with Crippen LogP contribution in [0.2, 0.25) is 0 Å². The molecule has 45 heavy (non-hydrogen) atoms. The summed E-state index contributed by atoms with van der Waals surface area (Å²) in [5.41, 5.74) is 8.30. The predicted molar refractivity (Wildman–Crippen MR) is 183 cm³/mol. The number of pyridine rings is 2. The van der Waals surface area contributed by atoms with E-state index in [4.69, 9.17) is 9.60 Å². The van der Waals surface area contributed by atoms with Crippen LogP contribution in [0.1, 0.15) is 64.3 Å². The fourth-order valence-electron chi connectivity index (χ4n) is 5.52. The Kier molecular flexibility index (Phi) is 8.42. The minimum Gasteiger partial charge on any atom is -0.305 e. The summed E-state index contributed by atoms with van der Waals surface area (Å²) in [5, 5.41) is 0. The second-order valence-electron chi connectivity index (χ2n) is 10.9. The fraction of sp³-hybridized carbons (Fsp3) is 0.190. The number of benzene rings is 4. The average molecular weight is 770 g/mol. The van der Waals surface area contributed by atoms with Gasteiger partial charge in [0.2, 0.25) is 0 Å². The van der Waals surface area contributed by atoms with Crippen molar-refractivity contribution in [3.63, 3.8) is 0 Å². The SMILES string of the molecule is [2H]C([2H])([2H])c1ccc(-c2[c-]cc(C([2H])([2H])[2H])c(-c3ccccc3)c2)nc1.[2H]C1(c2ccc(-c3ccnc(-c4[c-]cccc4)c3)cc2)CCCCC1.[Ir]. The second-order valence-corrected chi connectivity index (χ2v) is 10.9. The van der Waals surface area contributed by atoms with Crippen molar-refractivity contribution in [2.24, 2.45) is 0 Å². The van der Waals surface area contributed by atoms with E-state index in [1.165, 1.54) is 43.2 Å². The molecule has 7 rings (SSSR count). The van der Waals surface area contributed by atoms with Crippen LogP contribution in [-0.2, 0) is 20.1 Å². The van der Waals surface area contributed by atoms with Gasteiger partial charge in [-0.25, -0.2) is 0 Å². The molecule has 0 amide bonds. The first-order valence-electron chi connectivity index (χ1n) is 18.5. The summed E-state index contributed by atoms with van der Waals surface area (Å²) in [6, 6.07) is 42.4. The number of hydrogen-bond donors (Lipinski definition) is 0. The molecule has 0 saturated heterocycles. The van der Waals surface area contributed by atoms with Crippen molar-refractivity contribution in [2.45, 2.75) is 51.7 Å². The Bertz CT molecular complexity index is 2040. The molecule has 3 heteroatoms. The van der Waals surface area contributed by atoms with Crippen molar-refractivity contribution in [1.29, 1.82) is 0 Å². The molecule has 4 aromatic carbocycles. The molecule has 6 aromatic rings. The predicted octanol–water partition coefficient (Wildman–Crippen LogP) is 11.1. The Morgan fingerprint density at radius 3 is 2.22 bits per heavy atom. The van der Waals surface area contributed by atoms with E-state index in [1.54, 1.807) is 12.1 Å². The number of hydrogen-bond acceptors (Lipinski definition) is 2. The normalized spacial score (nSPS) is 16.4. The maximum atomic E-state index is 8.77. The molecular formula is C42H38IrN2-2. The Morgan fingerprint density at radius 2 is 1.51 bits per heavy atom. The molecule has 2 heterocycles. The van der Waals surface area contributed by atoms with Crippen molar-refractivity contribution in [2.75, 3.05) is 0 Å². The van der Waals surface area contributed by atoms with E-state index in [0.29, 0.717) is 16.8 Å². The molecule has 2 nitrogen and oxygen atoms in total. The van der Waals surface area contributed by atoms with Gasteiger partial charge in [0, 0.05) is 42.1 Å². The third-order valence-electron chi connectivity index (χ3n) is 7.90. The first-order valence-corrected chi connectivity index (χ1v) is 15.0. The van der Waals surface area contributed by atoms with Crippen molar-refractivity contribution in [3.05, 3.63) is 156 Å². The smallest absolute Gasteiger partial charge is 0.0352 e. The molecule has 1 aliphatic carbocycles. The third-order valence-corrected chi connectivity index (χ3v) is 7.90. The van der Waals surface area contributed by atoms with E-state index in [1.807, 2.05) is 66.9 Å². The van der Waals surface area contributed by atoms with Gasteiger partial charge < -0.3 is 9.97 Å². The average Bonchev–Trinajstić information content (AvgIpc) is 3.15. The van der Waals surface area contributed by atoms with Crippen molar-refractivity contribution in [3.8, 4) is 44.8 Å². The number of rotatable bonds is 5. The zero-order chi connectivity index (χ0) is 36.1. The van der Waals surface area contributed by atoms with Crippen LogP contribution < -0.4 is 0 Å². The third kappa shape index (κ3) is 8.31. The number of aryl methyl sites for hydroxylation is 2. The van der Waals surface area contributed by atoms with E-state index in [-0.39, 0.29) is 37.1 Å². The van der Waals surface area contributed by atoms with E-state index >= 15 is 0 Å². The molecule has 227 valence electrons. The van der Waals surface area contributed by atoms with E-state index in [0.717, 1.165) is 40.8 Å². The van der Waals surface area contributed by atoms with Gasteiger partial charge in [0.15, 0.2) is 0 Å². The molecule has 1 radical (unpaired) electrons. The fourth-order valence-corrected chi connectivity index (χ4v) is 5.52. The molecule has 0 bridgehead atoms. The molecule has 0 aliphatic heterocycles. The van der Waals surface area contributed by atoms with Gasteiger partial charge >= 0.3 is 0 Å². The van der Waals surface area contributed by atoms with Gasteiger partial charge in [0.05, 0.1) is 0 Å². The standard InChI is InChI=1S/C23H22N.C19H16N.Ir/c1-3-7-18(8-4-1)19-11-13-20(14-12-19)22-15-16-24-23(17-22)21-9-5-2-6-10-21;1-14-8-11-19(20-13-14)17-10-9-15(2)18(12-17)16-6-4-3-5-7-16;/h2,5-6,9,11-18H,1,3-4,7-8H2;3-9,11-13H,1-2H3;/q2*-1;/i18D;1D3,2D3;. The second kappa shape index (κ2) is 15.7. The zero-order valence-corrected chi connectivity index (χ0v) is 27.3. The van der Waals surface area contributed by atoms with Crippen LogP contribution in [0.3, 0.4) is 0 Å². The van der Waals surface area contributed by atoms with Gasteiger partial charge in [0.25, 0.3) is 0 Å². The zero-order valence-electron chi connectivity index (χ0n) is 31.9. The van der Waals surface area contributed by atoms with E-state index in [9.17, 15) is 0 Å². The van der Waals surface area contributed by atoms with Crippen LogP contribution in [0.15, 0.2) is 128 Å². The molecule has 1 fully saturated rings. The van der Waals surface area contributed by atoms with Gasteiger partial charge in [-0.1, -0.05) is 104 Å². The Morgan fingerprint density at radius 1 is 0.689 bits per heavy atom. The molecule has 1 aliphatic rings. The maximum absolute atomic E-state index is 8.77. The van der Waals surface area contributed by atoms with Gasteiger partial charge in [-0.05, 0) is 70.9 Å². The van der Waals surface area contributed by atoms with Gasteiger partial charge in [0.1, 0.15) is 0 Å². The summed E-state index contributed by atoms with van der Waals surface area (Å²) in [5.74, 6) is -0.390. The summed E-state index contributed by atoms with van der Waals surface area (Å²) in [6.45, 7) is -4.48. The first kappa shape index (κ1) is 24.1. The van der Waals surface area contributed by atoms with Crippen molar-refractivity contribution in [1.82, 2.24) is 9.97 Å². The quantitative estimate of drug-likeness (QED) is 0.163. The Hall–Kier alpha value is -4.17. The van der Waals surface area contributed by atoms with E-state index < -0.39 is 13.7 Å². The van der Waals surface area contributed by atoms with Crippen LogP contribution in [0.4, 0.5) is 0 Å². The first-order chi connectivity index (χ1) is 24.4. The molecule has 0 atom stereocenters. The molecule has 0 unspecified atom stereocenters. The summed E-state index contributed by atoms with van der Waals surface area (Å²) in [7, 11) is 0. The minimum atomic E-state index is -2.27. The minimum absolute atomic E-state index is 0. The Balaban J connectivity index is 0.000000197. The Labute approximate surface area is 291 Å². The summed E-state index contributed by atoms with van der Waals surface area (Å²) in [6.07, 6.45) is 8.75. The molecule has 1 saturated carbocycles. The summed E-state index contributed by atoms with van der Waals surface area (Å²) in [4.78, 5) is 8.69. The van der Waals surface area contributed by atoms with Gasteiger partial charge in [-0.2, -0.15) is 0 Å². The maximum Gasteiger partial charge on any atom is 0.0352 e. The molecule has 2 aromatic heterocycles. The van der Waals surface area contributed by atoms with Crippen LogP contribution >= 0.6 is 0 Å². The van der Waals surface area contributed by atoms with Crippen LogP contribution in [0.25, 0.3) is 44.8 Å². The molecular weight excluding hydrogens is 725 g/mol. The van der Waals surface area contributed by atoms with Crippen LogP contribution in [-0.4, -0.2) is 9.97 Å². The van der Waals surface area contributed by atoms with E-state index in [2.05, 4.69) is 52.4 Å². The number of aromatic nitrogens is 2. The van der Waals surface area contributed by atoms with Crippen LogP contribution in [0.5, 0.6) is 0 Å². The van der Waals surface area contributed by atoms with Gasteiger partial charge in [-0.3, -0.25) is 0 Å². The van der Waals surface area contributed by atoms with Crippen LogP contribution in [0, 0.1) is 25.8 Å². The summed E-state index contributed by atoms with van der Waals surface area (Å²) >= 11 is 0. The van der Waals surface area contributed by atoms with Crippen molar-refractivity contribution < 1.29 is 29.7 Å². The summed E-state index contributed by atoms with van der Waals surface area (Å²) < 4.78 is 54.3. The van der Waals surface area contributed by atoms with Gasteiger partial charge in [-0.15, -0.1) is 65.2 Å².